The van der Waals surface area contributed by atoms with Crippen LogP contribution in [0.25, 0.3) is 0 Å². The Kier molecular flexibility index (Phi) is 3.75. The van der Waals surface area contributed by atoms with Gasteiger partial charge in [0, 0.05) is 11.3 Å². The molecule has 0 bridgehead atoms. The predicted molar refractivity (Wildman–Crippen MR) is 73.2 cm³/mol. The van der Waals surface area contributed by atoms with Crippen molar-refractivity contribution in [1.82, 2.24) is 0 Å². The van der Waals surface area contributed by atoms with Gasteiger partial charge in [0.15, 0.2) is 0 Å². The summed E-state index contributed by atoms with van der Waals surface area (Å²) in [6, 6.07) is 3.47. The zero-order chi connectivity index (χ0) is 14.3. The van der Waals surface area contributed by atoms with E-state index >= 15 is 0 Å². The number of hydrogen-bond acceptors (Lipinski definition) is 1. The molecule has 0 amide bonds. The minimum absolute atomic E-state index is 0.106. The Morgan fingerprint density at radius 2 is 1.44 bits per heavy atom. The summed E-state index contributed by atoms with van der Waals surface area (Å²) in [5.74, 6) is 0. The molecule has 0 aliphatic heterocycles. The van der Waals surface area contributed by atoms with Crippen LogP contribution in [0.15, 0.2) is 12.1 Å². The Labute approximate surface area is 108 Å². The Bertz CT molecular complexity index is 437. The van der Waals surface area contributed by atoms with Crippen molar-refractivity contribution < 1.29 is 8.78 Å². The van der Waals surface area contributed by atoms with E-state index in [0.29, 0.717) is 16.8 Å². The van der Waals surface area contributed by atoms with Crippen LogP contribution in [0.2, 0.25) is 0 Å². The molecule has 3 heteroatoms. The van der Waals surface area contributed by atoms with Crippen molar-refractivity contribution in [1.29, 1.82) is 0 Å². The van der Waals surface area contributed by atoms with E-state index in [0.717, 1.165) is 0 Å². The predicted octanol–water partition coefficient (Wildman–Crippen LogP) is 4.80. The third-order valence-electron chi connectivity index (χ3n) is 3.05. The minimum atomic E-state index is -2.50. The average Bonchev–Trinajstić information content (AvgIpc) is 2.12. The van der Waals surface area contributed by atoms with E-state index in [1.165, 1.54) is 0 Å². The summed E-state index contributed by atoms with van der Waals surface area (Å²) in [6.07, 6.45) is -2.50. The molecule has 0 saturated carbocycles. The third kappa shape index (κ3) is 2.82. The Hall–Kier alpha value is -1.12. The number of alkyl halides is 2. The maximum Gasteiger partial charge on any atom is 0.264 e. The fourth-order valence-corrected chi connectivity index (χ4v) is 2.35. The second kappa shape index (κ2) is 4.52. The molecule has 0 radical (unpaired) electrons. The van der Waals surface area contributed by atoms with Gasteiger partial charge in [-0.1, -0.05) is 47.6 Å². The molecular weight excluding hydrogens is 232 g/mol. The van der Waals surface area contributed by atoms with Gasteiger partial charge in [-0.25, -0.2) is 8.78 Å². The summed E-state index contributed by atoms with van der Waals surface area (Å²) >= 11 is 0. The topological polar surface area (TPSA) is 26.0 Å². The van der Waals surface area contributed by atoms with Crippen LogP contribution in [0.5, 0.6) is 0 Å². The molecule has 0 saturated heterocycles. The first-order valence-electron chi connectivity index (χ1n) is 6.17. The molecule has 1 aromatic carbocycles. The number of nitrogens with two attached hydrogens (primary N) is 1. The maximum absolute atomic E-state index is 13.5. The lowest BCUT2D eigenvalue weighted by molar-refractivity contribution is 0.146. The van der Waals surface area contributed by atoms with Gasteiger partial charge in [-0.3, -0.25) is 0 Å². The molecule has 0 aliphatic rings. The molecule has 102 valence electrons. The van der Waals surface area contributed by atoms with Crippen LogP contribution >= 0.6 is 0 Å². The molecule has 1 nitrogen and oxygen atoms in total. The monoisotopic (exact) mass is 255 g/mol. The summed E-state index contributed by atoms with van der Waals surface area (Å²) in [7, 11) is 0. The van der Waals surface area contributed by atoms with Gasteiger partial charge >= 0.3 is 0 Å². The van der Waals surface area contributed by atoms with E-state index in [4.69, 9.17) is 5.73 Å². The van der Waals surface area contributed by atoms with E-state index in [1.807, 2.05) is 41.5 Å². The standard InChI is InChI=1S/C15H23F2N/c1-14(2,3)9-7-8-10(18)12(15(4,5)6)11(9)13(16)17/h7-8,13H,18H2,1-6H3. The van der Waals surface area contributed by atoms with Crippen molar-refractivity contribution in [2.75, 3.05) is 5.73 Å². The molecule has 0 heterocycles. The van der Waals surface area contributed by atoms with Gasteiger partial charge in [-0.2, -0.15) is 0 Å². The number of rotatable bonds is 1. The molecule has 2 N–H and O–H groups in total. The van der Waals surface area contributed by atoms with Gasteiger partial charge in [0.2, 0.25) is 0 Å². The van der Waals surface area contributed by atoms with Gasteiger partial charge in [-0.15, -0.1) is 0 Å². The number of anilines is 1. The lowest BCUT2D eigenvalue weighted by Crippen LogP contribution is -2.23. The fourth-order valence-electron chi connectivity index (χ4n) is 2.35. The van der Waals surface area contributed by atoms with Gasteiger partial charge in [0.25, 0.3) is 6.43 Å². The third-order valence-corrected chi connectivity index (χ3v) is 3.05. The molecule has 0 atom stereocenters. The summed E-state index contributed by atoms with van der Waals surface area (Å²) in [4.78, 5) is 0. The van der Waals surface area contributed by atoms with Crippen LogP contribution in [0.3, 0.4) is 0 Å². The molecule has 0 unspecified atom stereocenters. The van der Waals surface area contributed by atoms with Gasteiger partial charge in [-0.05, 0) is 28.0 Å². The van der Waals surface area contributed by atoms with Crippen molar-refractivity contribution in [3.05, 3.63) is 28.8 Å². The van der Waals surface area contributed by atoms with Crippen LogP contribution in [-0.2, 0) is 10.8 Å². The first kappa shape index (κ1) is 14.9. The van der Waals surface area contributed by atoms with Gasteiger partial charge in [0.1, 0.15) is 0 Å². The highest BCUT2D eigenvalue weighted by Crippen LogP contribution is 2.41. The highest BCUT2D eigenvalue weighted by atomic mass is 19.3. The van der Waals surface area contributed by atoms with Crippen LogP contribution in [0, 0.1) is 0 Å². The van der Waals surface area contributed by atoms with E-state index in [1.54, 1.807) is 12.1 Å². The van der Waals surface area contributed by atoms with Crippen LogP contribution in [0.1, 0.15) is 64.7 Å². The largest absolute Gasteiger partial charge is 0.398 e. The SMILES string of the molecule is CC(C)(C)c1ccc(N)c(C(C)(C)C)c1C(F)F. The summed E-state index contributed by atoms with van der Waals surface area (Å²) in [5.41, 5.74) is 7.02. The lowest BCUT2D eigenvalue weighted by atomic mass is 9.75. The number of hydrogen-bond donors (Lipinski definition) is 1. The normalized spacial score (nSPS) is 13.2. The molecule has 1 aromatic rings. The summed E-state index contributed by atoms with van der Waals surface area (Å²) in [6.45, 7) is 11.6. The van der Waals surface area contributed by atoms with Crippen LogP contribution in [-0.4, -0.2) is 0 Å². The first-order valence-corrected chi connectivity index (χ1v) is 6.17. The molecule has 0 fully saturated rings. The van der Waals surface area contributed by atoms with Crippen molar-refractivity contribution in [3.63, 3.8) is 0 Å². The molecule has 18 heavy (non-hydrogen) atoms. The summed E-state index contributed by atoms with van der Waals surface area (Å²) in [5, 5.41) is 0. The van der Waals surface area contributed by atoms with Crippen molar-refractivity contribution in [2.24, 2.45) is 0 Å². The van der Waals surface area contributed by atoms with Crippen LogP contribution in [0.4, 0.5) is 14.5 Å². The minimum Gasteiger partial charge on any atom is -0.398 e. The number of nitrogen functional groups attached to an aromatic ring is 1. The second-order valence-corrected chi connectivity index (χ2v) is 6.79. The van der Waals surface area contributed by atoms with E-state index in [2.05, 4.69) is 0 Å². The Balaban J connectivity index is 3.70. The van der Waals surface area contributed by atoms with E-state index in [-0.39, 0.29) is 11.0 Å². The number of halogens is 2. The van der Waals surface area contributed by atoms with Crippen molar-refractivity contribution in [2.45, 2.75) is 58.8 Å². The Morgan fingerprint density at radius 3 is 1.78 bits per heavy atom. The zero-order valence-corrected chi connectivity index (χ0v) is 12.1. The highest BCUT2D eigenvalue weighted by Gasteiger charge is 2.31. The molecule has 0 aromatic heterocycles. The maximum atomic E-state index is 13.5. The molecule has 0 spiro atoms. The number of benzene rings is 1. The fraction of sp³-hybridized carbons (Fsp3) is 0.600. The lowest BCUT2D eigenvalue weighted by Gasteiger charge is -2.31. The van der Waals surface area contributed by atoms with E-state index < -0.39 is 11.8 Å². The zero-order valence-electron chi connectivity index (χ0n) is 12.1. The Morgan fingerprint density at radius 1 is 0.944 bits per heavy atom. The molecular formula is C15H23F2N. The highest BCUT2D eigenvalue weighted by molar-refractivity contribution is 5.58. The molecule has 0 aliphatic carbocycles. The second-order valence-electron chi connectivity index (χ2n) is 6.79. The van der Waals surface area contributed by atoms with Gasteiger partial charge in [0.05, 0.1) is 0 Å². The summed E-state index contributed by atoms with van der Waals surface area (Å²) < 4.78 is 26.9. The van der Waals surface area contributed by atoms with E-state index in [9.17, 15) is 8.78 Å². The quantitative estimate of drug-likeness (QED) is 0.716. The van der Waals surface area contributed by atoms with Crippen molar-refractivity contribution in [3.8, 4) is 0 Å². The average molecular weight is 255 g/mol. The van der Waals surface area contributed by atoms with Crippen molar-refractivity contribution >= 4 is 5.69 Å². The first-order chi connectivity index (χ1) is 7.96. The smallest absolute Gasteiger partial charge is 0.264 e. The van der Waals surface area contributed by atoms with Crippen LogP contribution < -0.4 is 5.73 Å². The molecule has 1 rings (SSSR count). The van der Waals surface area contributed by atoms with Gasteiger partial charge < -0.3 is 5.73 Å².